The summed E-state index contributed by atoms with van der Waals surface area (Å²) in [6.07, 6.45) is 2.44. The number of rotatable bonds is 7. The van der Waals surface area contributed by atoms with Crippen LogP contribution in [0, 0.1) is 12.8 Å². The summed E-state index contributed by atoms with van der Waals surface area (Å²) in [4.78, 5) is 5.40. The molecule has 1 aliphatic rings. The summed E-state index contributed by atoms with van der Waals surface area (Å²) in [6.45, 7) is 10.6. The van der Waals surface area contributed by atoms with Gasteiger partial charge >= 0.3 is 0 Å². The topological polar surface area (TPSA) is 24.5 Å². The van der Waals surface area contributed by atoms with Crippen molar-refractivity contribution in [1.82, 2.24) is 10.2 Å². The molecular formula is C16H28N2OS. The lowest BCUT2D eigenvalue weighted by Gasteiger charge is -2.27. The minimum atomic E-state index is 0.814. The van der Waals surface area contributed by atoms with Crippen molar-refractivity contribution in [2.45, 2.75) is 39.8 Å². The number of nitrogens with one attached hydrogen (secondary N) is 1. The molecule has 114 valence electrons. The lowest BCUT2D eigenvalue weighted by Crippen LogP contribution is -2.29. The van der Waals surface area contributed by atoms with Gasteiger partial charge < -0.3 is 15.0 Å². The molecule has 0 unspecified atom stereocenters. The molecule has 0 atom stereocenters. The maximum Gasteiger partial charge on any atom is 0.0469 e. The van der Waals surface area contributed by atoms with Crippen molar-refractivity contribution in [3.05, 3.63) is 21.4 Å². The van der Waals surface area contributed by atoms with Gasteiger partial charge in [0.1, 0.15) is 0 Å². The van der Waals surface area contributed by atoms with E-state index in [4.69, 9.17) is 4.74 Å². The summed E-state index contributed by atoms with van der Waals surface area (Å²) in [6, 6.07) is 2.38. The average Bonchev–Trinajstić information content (AvgIpc) is 2.78. The van der Waals surface area contributed by atoms with Crippen LogP contribution in [-0.2, 0) is 17.8 Å². The van der Waals surface area contributed by atoms with E-state index >= 15 is 0 Å². The van der Waals surface area contributed by atoms with Gasteiger partial charge in [0.15, 0.2) is 0 Å². The van der Waals surface area contributed by atoms with E-state index in [-0.39, 0.29) is 0 Å². The third-order valence-corrected chi connectivity index (χ3v) is 5.06. The SMILES string of the molecule is CCNCc1cc(CN(C)CC2CCOCC2)c(C)s1. The van der Waals surface area contributed by atoms with Crippen molar-refractivity contribution < 1.29 is 4.74 Å². The fraction of sp³-hybridized carbons (Fsp3) is 0.750. The molecular weight excluding hydrogens is 268 g/mol. The Balaban J connectivity index is 1.83. The molecule has 0 radical (unpaired) electrons. The van der Waals surface area contributed by atoms with Gasteiger partial charge in [-0.05, 0) is 50.9 Å². The molecule has 0 spiro atoms. The summed E-state index contributed by atoms with van der Waals surface area (Å²) in [7, 11) is 2.25. The van der Waals surface area contributed by atoms with Crippen LogP contribution in [0.1, 0.15) is 35.1 Å². The fourth-order valence-corrected chi connectivity index (χ4v) is 3.83. The minimum Gasteiger partial charge on any atom is -0.381 e. The van der Waals surface area contributed by atoms with Crippen molar-refractivity contribution >= 4 is 11.3 Å². The molecule has 20 heavy (non-hydrogen) atoms. The second-order valence-electron chi connectivity index (χ2n) is 5.83. The first-order valence-electron chi connectivity index (χ1n) is 7.74. The van der Waals surface area contributed by atoms with Crippen LogP contribution in [0.5, 0.6) is 0 Å². The second-order valence-corrected chi connectivity index (χ2v) is 7.17. The van der Waals surface area contributed by atoms with Gasteiger partial charge in [0.25, 0.3) is 0 Å². The highest BCUT2D eigenvalue weighted by Crippen LogP contribution is 2.23. The van der Waals surface area contributed by atoms with E-state index in [2.05, 4.69) is 37.2 Å². The van der Waals surface area contributed by atoms with Gasteiger partial charge in [-0.25, -0.2) is 0 Å². The van der Waals surface area contributed by atoms with Crippen LogP contribution in [0.15, 0.2) is 6.07 Å². The number of ether oxygens (including phenoxy) is 1. The Kier molecular flexibility index (Phi) is 6.49. The van der Waals surface area contributed by atoms with E-state index in [1.165, 1.54) is 34.7 Å². The predicted octanol–water partition coefficient (Wildman–Crippen LogP) is 3.02. The first-order valence-corrected chi connectivity index (χ1v) is 8.56. The van der Waals surface area contributed by atoms with Crippen LogP contribution >= 0.6 is 11.3 Å². The molecule has 4 heteroatoms. The first-order chi connectivity index (χ1) is 9.69. The predicted molar refractivity (Wildman–Crippen MR) is 86.3 cm³/mol. The molecule has 1 aliphatic heterocycles. The summed E-state index contributed by atoms with van der Waals surface area (Å²) < 4.78 is 5.44. The number of thiophene rings is 1. The van der Waals surface area contributed by atoms with Crippen molar-refractivity contribution in [2.75, 3.05) is 33.4 Å². The lowest BCUT2D eigenvalue weighted by atomic mass is 10.00. The van der Waals surface area contributed by atoms with E-state index in [1.54, 1.807) is 0 Å². The number of aryl methyl sites for hydroxylation is 1. The Labute approximate surface area is 127 Å². The monoisotopic (exact) mass is 296 g/mol. The van der Waals surface area contributed by atoms with Gasteiger partial charge in [0.2, 0.25) is 0 Å². The Morgan fingerprint density at radius 1 is 1.40 bits per heavy atom. The van der Waals surface area contributed by atoms with Gasteiger partial charge in [-0.3, -0.25) is 0 Å². The van der Waals surface area contributed by atoms with E-state index < -0.39 is 0 Å². The zero-order valence-corrected chi connectivity index (χ0v) is 13.9. The summed E-state index contributed by atoms with van der Waals surface area (Å²) in [5.41, 5.74) is 1.50. The molecule has 0 aliphatic carbocycles. The molecule has 1 aromatic rings. The average molecular weight is 296 g/mol. The van der Waals surface area contributed by atoms with Crippen molar-refractivity contribution in [1.29, 1.82) is 0 Å². The van der Waals surface area contributed by atoms with E-state index in [1.807, 2.05) is 11.3 Å². The highest BCUT2D eigenvalue weighted by Gasteiger charge is 2.16. The normalized spacial score (nSPS) is 17.0. The molecule has 2 rings (SSSR count). The summed E-state index contributed by atoms with van der Waals surface area (Å²) in [5.74, 6) is 0.814. The number of hydrogen-bond donors (Lipinski definition) is 1. The van der Waals surface area contributed by atoms with Crippen molar-refractivity contribution in [2.24, 2.45) is 5.92 Å². The Morgan fingerprint density at radius 2 is 2.15 bits per heavy atom. The largest absolute Gasteiger partial charge is 0.381 e. The maximum atomic E-state index is 5.44. The third-order valence-electron chi connectivity index (χ3n) is 3.97. The first kappa shape index (κ1) is 16.0. The quantitative estimate of drug-likeness (QED) is 0.837. The molecule has 0 bridgehead atoms. The van der Waals surface area contributed by atoms with Gasteiger partial charge in [0.05, 0.1) is 0 Å². The van der Waals surface area contributed by atoms with Gasteiger partial charge in [-0.2, -0.15) is 0 Å². The van der Waals surface area contributed by atoms with Gasteiger partial charge in [-0.15, -0.1) is 11.3 Å². The van der Waals surface area contributed by atoms with Gasteiger partial charge in [-0.1, -0.05) is 6.92 Å². The maximum absolute atomic E-state index is 5.44. The lowest BCUT2D eigenvalue weighted by molar-refractivity contribution is 0.0549. The smallest absolute Gasteiger partial charge is 0.0469 e. The van der Waals surface area contributed by atoms with Gasteiger partial charge in [0, 0.05) is 42.6 Å². The molecule has 0 aromatic carbocycles. The summed E-state index contributed by atoms with van der Waals surface area (Å²) >= 11 is 1.93. The minimum absolute atomic E-state index is 0.814. The van der Waals surface area contributed by atoms with Crippen LogP contribution in [0.4, 0.5) is 0 Å². The molecule has 1 N–H and O–H groups in total. The molecule has 1 aromatic heterocycles. The number of hydrogen-bond acceptors (Lipinski definition) is 4. The molecule has 2 heterocycles. The zero-order valence-electron chi connectivity index (χ0n) is 13.1. The van der Waals surface area contributed by atoms with Crippen LogP contribution < -0.4 is 5.32 Å². The van der Waals surface area contributed by atoms with E-state index in [0.717, 1.165) is 38.8 Å². The molecule has 1 saturated heterocycles. The van der Waals surface area contributed by atoms with E-state index in [0.29, 0.717) is 0 Å². The Hall–Kier alpha value is -0.420. The third kappa shape index (κ3) is 4.85. The van der Waals surface area contributed by atoms with Crippen molar-refractivity contribution in [3.8, 4) is 0 Å². The summed E-state index contributed by atoms with van der Waals surface area (Å²) in [5, 5.41) is 3.41. The highest BCUT2D eigenvalue weighted by atomic mass is 32.1. The second kappa shape index (κ2) is 8.13. The number of nitrogens with zero attached hydrogens (tertiary/aromatic N) is 1. The van der Waals surface area contributed by atoms with Crippen LogP contribution in [0.2, 0.25) is 0 Å². The fourth-order valence-electron chi connectivity index (χ4n) is 2.80. The standard InChI is InChI=1S/C16H28N2OS/c1-4-17-10-16-9-15(13(2)20-16)12-18(3)11-14-5-7-19-8-6-14/h9,14,17H,4-8,10-12H2,1-3H3. The Morgan fingerprint density at radius 3 is 2.85 bits per heavy atom. The molecule has 1 fully saturated rings. The molecule has 0 amide bonds. The molecule has 0 saturated carbocycles. The molecule has 3 nitrogen and oxygen atoms in total. The zero-order chi connectivity index (χ0) is 14.4. The van der Waals surface area contributed by atoms with E-state index in [9.17, 15) is 0 Å². The van der Waals surface area contributed by atoms with Crippen molar-refractivity contribution in [3.63, 3.8) is 0 Å². The highest BCUT2D eigenvalue weighted by molar-refractivity contribution is 7.12. The Bertz CT molecular complexity index is 399. The van der Waals surface area contributed by atoms with Crippen LogP contribution in [-0.4, -0.2) is 38.3 Å². The van der Waals surface area contributed by atoms with Crippen LogP contribution in [0.3, 0.4) is 0 Å². The van der Waals surface area contributed by atoms with Crippen LogP contribution in [0.25, 0.3) is 0 Å².